The molecule has 0 saturated heterocycles. The number of hydrogen-bond donors (Lipinski definition) is 2. The molecule has 5 atom stereocenters. The summed E-state index contributed by atoms with van der Waals surface area (Å²) < 4.78 is 0. The van der Waals surface area contributed by atoms with E-state index < -0.39 is 5.60 Å². The summed E-state index contributed by atoms with van der Waals surface area (Å²) >= 11 is 0. The number of allylic oxidation sites excluding steroid dienone is 1. The molecule has 0 aromatic carbocycles. The largest absolute Gasteiger partial charge is 0.390 e. The van der Waals surface area contributed by atoms with Crippen molar-refractivity contribution in [1.82, 2.24) is 0 Å². The van der Waals surface area contributed by atoms with E-state index in [0.29, 0.717) is 17.8 Å². The van der Waals surface area contributed by atoms with E-state index in [2.05, 4.69) is 19.9 Å². The summed E-state index contributed by atoms with van der Waals surface area (Å²) in [7, 11) is 0. The molecular formula is C15H26O2. The Labute approximate surface area is 105 Å². The van der Waals surface area contributed by atoms with Crippen molar-refractivity contribution in [2.24, 2.45) is 23.7 Å². The highest BCUT2D eigenvalue weighted by atomic mass is 16.3. The Bertz CT molecular complexity index is 317. The molecule has 2 nitrogen and oxygen atoms in total. The van der Waals surface area contributed by atoms with Crippen molar-refractivity contribution in [3.8, 4) is 0 Å². The molecule has 2 heteroatoms. The number of aliphatic hydroxyl groups excluding tert-OH is 1. The Balaban J connectivity index is 2.32. The zero-order valence-corrected chi connectivity index (χ0v) is 11.5. The number of rotatable bonds is 1. The number of aliphatic hydroxyl groups is 2. The van der Waals surface area contributed by atoms with Crippen LogP contribution in [-0.4, -0.2) is 21.9 Å². The van der Waals surface area contributed by atoms with E-state index in [4.69, 9.17) is 0 Å². The summed E-state index contributed by atoms with van der Waals surface area (Å²) in [5.74, 6) is 1.98. The van der Waals surface area contributed by atoms with Gasteiger partial charge in [-0.15, -0.1) is 0 Å². The maximum Gasteiger partial charge on any atom is 0.0751 e. The van der Waals surface area contributed by atoms with Gasteiger partial charge < -0.3 is 10.2 Å². The topological polar surface area (TPSA) is 40.5 Å². The Hall–Kier alpha value is -0.340. The second-order valence-electron chi connectivity index (χ2n) is 6.65. The molecule has 2 rings (SSSR count). The van der Waals surface area contributed by atoms with Crippen LogP contribution in [0.3, 0.4) is 0 Å². The summed E-state index contributed by atoms with van der Waals surface area (Å²) in [6.07, 6.45) is 4.58. The van der Waals surface area contributed by atoms with Gasteiger partial charge >= 0.3 is 0 Å². The average molecular weight is 238 g/mol. The van der Waals surface area contributed by atoms with E-state index in [-0.39, 0.29) is 12.0 Å². The molecule has 98 valence electrons. The Morgan fingerprint density at radius 1 is 1.41 bits per heavy atom. The molecule has 2 N–H and O–H groups in total. The fraction of sp³-hybridized carbons (Fsp3) is 0.867. The van der Waals surface area contributed by atoms with Gasteiger partial charge in [-0.2, -0.15) is 0 Å². The van der Waals surface area contributed by atoms with Gasteiger partial charge in [-0.3, -0.25) is 0 Å². The van der Waals surface area contributed by atoms with Gasteiger partial charge in [0.05, 0.1) is 11.7 Å². The molecule has 0 heterocycles. The fourth-order valence-corrected chi connectivity index (χ4v) is 3.82. The van der Waals surface area contributed by atoms with Gasteiger partial charge in [0, 0.05) is 0 Å². The zero-order valence-electron chi connectivity index (χ0n) is 11.5. The first-order chi connectivity index (χ1) is 7.83. The predicted octanol–water partition coefficient (Wildman–Crippen LogP) is 2.75. The van der Waals surface area contributed by atoms with Crippen LogP contribution in [0.2, 0.25) is 0 Å². The smallest absolute Gasteiger partial charge is 0.0751 e. The van der Waals surface area contributed by atoms with Gasteiger partial charge in [0.2, 0.25) is 0 Å². The lowest BCUT2D eigenvalue weighted by molar-refractivity contribution is -0.0927. The van der Waals surface area contributed by atoms with Crippen molar-refractivity contribution in [1.29, 1.82) is 0 Å². The molecule has 17 heavy (non-hydrogen) atoms. The molecule has 0 spiro atoms. The third kappa shape index (κ3) is 2.30. The van der Waals surface area contributed by atoms with E-state index in [9.17, 15) is 10.2 Å². The minimum Gasteiger partial charge on any atom is -0.390 e. The minimum absolute atomic E-state index is 0.224. The van der Waals surface area contributed by atoms with Crippen LogP contribution in [-0.2, 0) is 0 Å². The molecule has 0 aromatic heterocycles. The van der Waals surface area contributed by atoms with E-state index in [1.165, 1.54) is 0 Å². The maximum absolute atomic E-state index is 10.5. The molecule has 2 aliphatic rings. The van der Waals surface area contributed by atoms with Crippen LogP contribution in [0.25, 0.3) is 0 Å². The van der Waals surface area contributed by atoms with Gasteiger partial charge in [0.1, 0.15) is 0 Å². The molecule has 0 aromatic rings. The molecule has 0 aliphatic heterocycles. The second kappa shape index (κ2) is 4.40. The summed E-state index contributed by atoms with van der Waals surface area (Å²) in [5, 5.41) is 20.5. The van der Waals surface area contributed by atoms with E-state index in [1.54, 1.807) is 0 Å². The minimum atomic E-state index is -0.603. The van der Waals surface area contributed by atoms with Crippen LogP contribution in [0, 0.1) is 23.7 Å². The standard InChI is InChI=1S/C15H26O2/c1-9(2)11-5-6-15(4,17)13-8-14(16)10(3)7-12(11)13/h7,9,11-14,16-17H,5-6,8H2,1-4H3/t11-,12-,13-,14+,15-/m0/s1. The molecular weight excluding hydrogens is 212 g/mol. The number of hydrogen-bond acceptors (Lipinski definition) is 2. The van der Waals surface area contributed by atoms with Crippen LogP contribution in [0.15, 0.2) is 11.6 Å². The van der Waals surface area contributed by atoms with E-state index in [1.807, 2.05) is 13.8 Å². The summed E-state index contributed by atoms with van der Waals surface area (Å²) in [6.45, 7) is 8.51. The predicted molar refractivity (Wildman–Crippen MR) is 69.5 cm³/mol. The third-order valence-electron chi connectivity index (χ3n) is 5.06. The van der Waals surface area contributed by atoms with E-state index in [0.717, 1.165) is 24.8 Å². The van der Waals surface area contributed by atoms with Crippen molar-refractivity contribution in [2.45, 2.75) is 58.7 Å². The van der Waals surface area contributed by atoms with Crippen molar-refractivity contribution in [3.63, 3.8) is 0 Å². The first-order valence-corrected chi connectivity index (χ1v) is 6.91. The maximum atomic E-state index is 10.5. The average Bonchev–Trinajstić information content (AvgIpc) is 2.20. The van der Waals surface area contributed by atoms with Gasteiger partial charge in [0.15, 0.2) is 0 Å². The number of fused-ring (bicyclic) bond motifs is 1. The van der Waals surface area contributed by atoms with Crippen LogP contribution >= 0.6 is 0 Å². The SMILES string of the molecule is CC1=C[C@H]2[C@H](C(C)C)CC[C@](C)(O)[C@H]2C[C@H]1O. The van der Waals surface area contributed by atoms with Gasteiger partial charge in [-0.1, -0.05) is 19.9 Å². The molecule has 0 radical (unpaired) electrons. The molecule has 0 bridgehead atoms. The van der Waals surface area contributed by atoms with Crippen LogP contribution < -0.4 is 0 Å². The molecule has 2 aliphatic carbocycles. The van der Waals surface area contributed by atoms with Crippen molar-refractivity contribution >= 4 is 0 Å². The summed E-state index contributed by atoms with van der Waals surface area (Å²) in [4.78, 5) is 0. The zero-order chi connectivity index (χ0) is 12.8. The molecule has 1 fully saturated rings. The summed E-state index contributed by atoms with van der Waals surface area (Å²) in [6, 6.07) is 0. The Morgan fingerprint density at radius 2 is 2.06 bits per heavy atom. The molecule has 1 saturated carbocycles. The van der Waals surface area contributed by atoms with Gasteiger partial charge in [-0.05, 0) is 62.4 Å². The van der Waals surface area contributed by atoms with Crippen molar-refractivity contribution in [3.05, 3.63) is 11.6 Å². The first-order valence-electron chi connectivity index (χ1n) is 6.91. The highest BCUT2D eigenvalue weighted by Crippen LogP contribution is 2.49. The van der Waals surface area contributed by atoms with Crippen LogP contribution in [0.1, 0.15) is 47.0 Å². The third-order valence-corrected chi connectivity index (χ3v) is 5.06. The lowest BCUT2D eigenvalue weighted by Crippen LogP contribution is -2.50. The van der Waals surface area contributed by atoms with Crippen molar-refractivity contribution in [2.75, 3.05) is 0 Å². The fourth-order valence-electron chi connectivity index (χ4n) is 3.82. The molecule has 0 unspecified atom stereocenters. The van der Waals surface area contributed by atoms with Crippen LogP contribution in [0.4, 0.5) is 0 Å². The Kier molecular flexibility index (Phi) is 3.39. The molecule has 0 amide bonds. The van der Waals surface area contributed by atoms with Gasteiger partial charge in [-0.25, -0.2) is 0 Å². The normalized spacial score (nSPS) is 46.6. The summed E-state index contributed by atoms with van der Waals surface area (Å²) in [5.41, 5.74) is 0.489. The Morgan fingerprint density at radius 3 is 2.65 bits per heavy atom. The highest BCUT2D eigenvalue weighted by Gasteiger charge is 2.47. The van der Waals surface area contributed by atoms with Gasteiger partial charge in [0.25, 0.3) is 0 Å². The highest BCUT2D eigenvalue weighted by molar-refractivity contribution is 5.17. The lowest BCUT2D eigenvalue weighted by atomic mass is 9.58. The van der Waals surface area contributed by atoms with E-state index >= 15 is 0 Å². The quantitative estimate of drug-likeness (QED) is 0.690. The second-order valence-corrected chi connectivity index (χ2v) is 6.65. The first kappa shape index (κ1) is 13.1. The lowest BCUT2D eigenvalue weighted by Gasteiger charge is -2.50. The monoisotopic (exact) mass is 238 g/mol. The van der Waals surface area contributed by atoms with Crippen molar-refractivity contribution < 1.29 is 10.2 Å². The van der Waals surface area contributed by atoms with Crippen LogP contribution in [0.5, 0.6) is 0 Å².